The van der Waals surface area contributed by atoms with Crippen molar-refractivity contribution in [3.63, 3.8) is 0 Å². The van der Waals surface area contributed by atoms with Gasteiger partial charge in [0.05, 0.1) is 11.3 Å². The number of fused-ring (bicyclic) bond motifs is 1. The molecule has 0 radical (unpaired) electrons. The summed E-state index contributed by atoms with van der Waals surface area (Å²) in [6.45, 7) is 2.83. The second-order valence-corrected chi connectivity index (χ2v) is 14.1. The number of aromatic nitrogens is 1. The maximum Gasteiger partial charge on any atom is 0.409 e. The van der Waals surface area contributed by atoms with Crippen LogP contribution in [0, 0.1) is 0 Å². The predicted octanol–water partition coefficient (Wildman–Crippen LogP) is 2.91. The molecule has 0 N–H and O–H groups in total. The van der Waals surface area contributed by atoms with Crippen LogP contribution in [0.4, 0.5) is 4.79 Å². The average Bonchev–Trinajstić information content (AvgIpc) is 3.22. The Balaban J connectivity index is 1.35. The monoisotopic (exact) mass is 630 g/mol. The van der Waals surface area contributed by atoms with Crippen molar-refractivity contribution in [3.05, 3.63) is 107 Å². The molecule has 1 aromatic heterocycles. The van der Waals surface area contributed by atoms with Gasteiger partial charge >= 0.3 is 12.1 Å². The van der Waals surface area contributed by atoms with Gasteiger partial charge in [-0.1, -0.05) is 66.7 Å². The van der Waals surface area contributed by atoms with E-state index in [9.17, 15) is 22.8 Å². The molecular weight excluding hydrogens is 596 g/mol. The van der Waals surface area contributed by atoms with Gasteiger partial charge < -0.3 is 24.2 Å². The number of hydrogen-bond acceptors (Lipinski definition) is 9. The van der Waals surface area contributed by atoms with Crippen LogP contribution < -0.4 is 0 Å². The molecule has 0 bridgehead atoms. The van der Waals surface area contributed by atoms with Crippen LogP contribution >= 0.6 is 0 Å². The third-order valence-corrected chi connectivity index (χ3v) is 11.4. The second kappa shape index (κ2) is 12.1. The number of esters is 1. The van der Waals surface area contributed by atoms with Crippen molar-refractivity contribution < 1.29 is 32.3 Å². The molecule has 6 rings (SSSR count). The lowest BCUT2D eigenvalue weighted by Gasteiger charge is -2.39. The van der Waals surface area contributed by atoms with E-state index in [4.69, 9.17) is 9.47 Å². The van der Waals surface area contributed by atoms with E-state index in [1.165, 1.54) is 24.1 Å². The summed E-state index contributed by atoms with van der Waals surface area (Å²) in [6, 6.07) is 21.6. The predicted molar refractivity (Wildman–Crippen MR) is 165 cm³/mol. The first-order chi connectivity index (χ1) is 21.6. The highest BCUT2D eigenvalue weighted by molar-refractivity contribution is 7.94. The van der Waals surface area contributed by atoms with Crippen molar-refractivity contribution in [1.29, 1.82) is 0 Å². The molecule has 4 heterocycles. The number of ether oxygens (including phenoxy) is 2. The van der Waals surface area contributed by atoms with Crippen molar-refractivity contribution in [1.82, 2.24) is 19.7 Å². The Morgan fingerprint density at radius 2 is 1.56 bits per heavy atom. The molecule has 3 atom stereocenters. The Morgan fingerprint density at radius 1 is 0.956 bits per heavy atom. The number of carbonyl (C=O) groups excluding carboxylic acids is 3. The number of hydrogen-bond donors (Lipinski definition) is 0. The highest BCUT2D eigenvalue weighted by Crippen LogP contribution is 2.50. The van der Waals surface area contributed by atoms with Gasteiger partial charge in [0, 0.05) is 32.4 Å². The normalized spacial score (nSPS) is 25.1. The number of piperazine rings is 1. The summed E-state index contributed by atoms with van der Waals surface area (Å²) in [6.07, 6.45) is 1.40. The quantitative estimate of drug-likeness (QED) is 0.220. The van der Waals surface area contributed by atoms with Gasteiger partial charge in [0.15, 0.2) is 27.4 Å². The van der Waals surface area contributed by atoms with E-state index in [1.54, 1.807) is 42.5 Å². The van der Waals surface area contributed by atoms with Crippen LogP contribution in [0.3, 0.4) is 0 Å². The molecule has 0 spiro atoms. The number of rotatable bonds is 7. The molecule has 3 fully saturated rings. The molecular formula is C33H34N4O7S. The van der Waals surface area contributed by atoms with Crippen molar-refractivity contribution >= 4 is 33.9 Å². The van der Waals surface area contributed by atoms with Crippen LogP contribution in [-0.2, 0) is 28.9 Å². The van der Waals surface area contributed by atoms with Crippen molar-refractivity contribution in [2.45, 2.75) is 29.2 Å². The van der Waals surface area contributed by atoms with E-state index in [-0.39, 0.29) is 5.57 Å². The summed E-state index contributed by atoms with van der Waals surface area (Å²) in [7, 11) is -2.38. The van der Waals surface area contributed by atoms with Crippen LogP contribution in [0.2, 0.25) is 0 Å². The number of carbonyl (C=O) groups is 3. The smallest absolute Gasteiger partial charge is 0.409 e. The highest BCUT2D eigenvalue weighted by Gasteiger charge is 2.73. The lowest BCUT2D eigenvalue weighted by Crippen LogP contribution is -2.60. The molecule has 3 aliphatic rings. The van der Waals surface area contributed by atoms with Crippen LogP contribution in [0.15, 0.2) is 90.6 Å². The van der Waals surface area contributed by atoms with Crippen LogP contribution in [0.1, 0.15) is 29.8 Å². The van der Waals surface area contributed by atoms with E-state index in [2.05, 4.69) is 9.88 Å². The number of amides is 2. The first kappa shape index (κ1) is 30.5. The van der Waals surface area contributed by atoms with E-state index < -0.39 is 56.7 Å². The van der Waals surface area contributed by atoms with Crippen molar-refractivity contribution in [2.75, 3.05) is 39.8 Å². The standard InChI is InChI=1S/C33H34N4O7S/c1-33(22-43-32(40)36-19-17-35(2)18-20-36)28(31(39)44-27(23-11-5-3-6-12-23)24-13-7-4-8-14-24)37-29(38)26(30(37)45(33,41)42)21-25-15-9-10-16-34-25/h3-16,21,27-28,30H,17-20,22H2,1-2H3/b26-21-/t28-,30+,33-/m0/s1. The number of benzene rings is 2. The maximum absolute atomic E-state index is 14.3. The minimum atomic E-state index is -4.32. The van der Waals surface area contributed by atoms with Gasteiger partial charge in [-0.2, -0.15) is 0 Å². The van der Waals surface area contributed by atoms with E-state index in [0.29, 0.717) is 43.0 Å². The zero-order valence-electron chi connectivity index (χ0n) is 25.0. The number of nitrogens with zero attached hydrogens (tertiary/aromatic N) is 4. The van der Waals surface area contributed by atoms with Crippen LogP contribution in [0.5, 0.6) is 0 Å². The van der Waals surface area contributed by atoms with Gasteiger partial charge in [0.1, 0.15) is 11.4 Å². The van der Waals surface area contributed by atoms with Crippen LogP contribution in [0.25, 0.3) is 6.08 Å². The molecule has 234 valence electrons. The summed E-state index contributed by atoms with van der Waals surface area (Å²) in [5, 5.41) is -1.43. The first-order valence-corrected chi connectivity index (χ1v) is 16.3. The third kappa shape index (κ3) is 5.48. The summed E-state index contributed by atoms with van der Waals surface area (Å²) in [5.41, 5.74) is 1.73. The van der Waals surface area contributed by atoms with Gasteiger partial charge in [0.25, 0.3) is 5.91 Å². The Morgan fingerprint density at radius 3 is 2.13 bits per heavy atom. The third-order valence-electron chi connectivity index (χ3n) is 8.70. The van der Waals surface area contributed by atoms with Crippen molar-refractivity contribution in [2.24, 2.45) is 0 Å². The van der Waals surface area contributed by atoms with E-state index >= 15 is 0 Å². The topological polar surface area (TPSA) is 126 Å². The van der Waals surface area contributed by atoms with Crippen LogP contribution in [-0.4, -0.2) is 102 Å². The summed E-state index contributed by atoms with van der Waals surface area (Å²) < 4.78 is 38.4. The highest BCUT2D eigenvalue weighted by atomic mass is 32.2. The minimum absolute atomic E-state index is 0.0108. The molecule has 2 aromatic carbocycles. The number of sulfone groups is 1. The summed E-state index contributed by atoms with van der Waals surface area (Å²) in [5.74, 6) is -1.54. The average molecular weight is 631 g/mol. The minimum Gasteiger partial charge on any atom is -0.451 e. The van der Waals surface area contributed by atoms with Gasteiger partial charge in [-0.25, -0.2) is 18.0 Å². The van der Waals surface area contributed by atoms with E-state index in [0.717, 1.165) is 4.90 Å². The van der Waals surface area contributed by atoms with Gasteiger partial charge in [-0.3, -0.25) is 9.78 Å². The molecule has 3 aromatic rings. The molecule has 3 aliphatic heterocycles. The van der Waals surface area contributed by atoms with E-state index in [1.807, 2.05) is 43.4 Å². The molecule has 0 unspecified atom stereocenters. The Kier molecular flexibility index (Phi) is 8.19. The molecule has 11 nitrogen and oxygen atoms in total. The van der Waals surface area contributed by atoms with Crippen molar-refractivity contribution in [3.8, 4) is 0 Å². The Hall–Kier alpha value is -4.55. The Labute approximate surface area is 262 Å². The maximum atomic E-state index is 14.3. The molecule has 3 saturated heterocycles. The summed E-state index contributed by atoms with van der Waals surface area (Å²) >= 11 is 0. The zero-order valence-corrected chi connectivity index (χ0v) is 25.8. The lowest BCUT2D eigenvalue weighted by atomic mass is 9.94. The molecule has 12 heteroatoms. The fraction of sp³-hybridized carbons (Fsp3) is 0.333. The zero-order chi connectivity index (χ0) is 31.8. The second-order valence-electron chi connectivity index (χ2n) is 11.7. The summed E-state index contributed by atoms with van der Waals surface area (Å²) in [4.78, 5) is 49.7. The Bertz CT molecular complexity index is 1670. The number of pyridine rings is 1. The largest absolute Gasteiger partial charge is 0.451 e. The first-order valence-electron chi connectivity index (χ1n) is 14.7. The van der Waals surface area contributed by atoms with Gasteiger partial charge in [0.2, 0.25) is 0 Å². The van der Waals surface area contributed by atoms with Gasteiger partial charge in [-0.15, -0.1) is 0 Å². The number of likely N-dealkylation sites (N-methyl/N-ethyl adjacent to an activating group) is 1. The SMILES string of the molecule is CN1CCN(C(=O)OC[C@@]2(C)[C@H](C(=O)OC(c3ccccc3)c3ccccc3)N3C(=O)/C(=C/c4ccccn4)[C@H]3S2(=O)=O)CC1. The molecule has 45 heavy (non-hydrogen) atoms. The van der Waals surface area contributed by atoms with Gasteiger partial charge in [-0.05, 0) is 43.3 Å². The number of β-lactam (4-membered cyclic amide) rings is 1. The molecule has 2 amide bonds. The lowest BCUT2D eigenvalue weighted by molar-refractivity contribution is -0.161. The fourth-order valence-electron chi connectivity index (χ4n) is 6.05. The fourth-order valence-corrected chi connectivity index (χ4v) is 8.32. The molecule has 0 saturated carbocycles. The molecule has 0 aliphatic carbocycles.